The molecule has 1 aliphatic heterocycles. The van der Waals surface area contributed by atoms with E-state index in [0.717, 1.165) is 32.4 Å². The van der Waals surface area contributed by atoms with Crippen LogP contribution in [0.5, 0.6) is 0 Å². The van der Waals surface area contributed by atoms with Crippen molar-refractivity contribution in [3.63, 3.8) is 0 Å². The second-order valence-corrected chi connectivity index (χ2v) is 6.61. The highest BCUT2D eigenvalue weighted by molar-refractivity contribution is 5.92. The molecule has 2 N–H and O–H groups in total. The van der Waals surface area contributed by atoms with Crippen molar-refractivity contribution in [2.75, 3.05) is 13.1 Å². The standard InChI is InChI=1S/C19H20N4O2/c24-18-6-5-17(21-22-18)19(25)23-9-7-13(8-10-23)11-14-12-20-16-4-2-1-3-15(14)16/h1-6,12-13,20H,7-11H2,(H,22,24). The number of nitrogens with zero attached hydrogens (tertiary/aromatic N) is 2. The maximum Gasteiger partial charge on any atom is 0.274 e. The highest BCUT2D eigenvalue weighted by Gasteiger charge is 2.25. The maximum absolute atomic E-state index is 12.4. The largest absolute Gasteiger partial charge is 0.361 e. The average molecular weight is 336 g/mol. The monoisotopic (exact) mass is 336 g/mol. The van der Waals surface area contributed by atoms with E-state index in [2.05, 4.69) is 39.6 Å². The third kappa shape index (κ3) is 3.20. The van der Waals surface area contributed by atoms with Crippen molar-refractivity contribution in [1.82, 2.24) is 20.1 Å². The van der Waals surface area contributed by atoms with Gasteiger partial charge < -0.3 is 9.88 Å². The van der Waals surface area contributed by atoms with Crippen molar-refractivity contribution >= 4 is 16.8 Å². The molecule has 0 radical (unpaired) electrons. The summed E-state index contributed by atoms with van der Waals surface area (Å²) in [5, 5.41) is 7.44. The maximum atomic E-state index is 12.4. The van der Waals surface area contributed by atoms with Crippen molar-refractivity contribution in [1.29, 1.82) is 0 Å². The van der Waals surface area contributed by atoms with Gasteiger partial charge in [0.2, 0.25) is 0 Å². The number of carbonyl (C=O) groups excluding carboxylic acids is 1. The number of hydrogen-bond donors (Lipinski definition) is 2. The van der Waals surface area contributed by atoms with Crippen LogP contribution >= 0.6 is 0 Å². The van der Waals surface area contributed by atoms with Crippen LogP contribution < -0.4 is 5.56 Å². The van der Waals surface area contributed by atoms with Gasteiger partial charge in [0.25, 0.3) is 11.5 Å². The van der Waals surface area contributed by atoms with Crippen LogP contribution in [0.2, 0.25) is 0 Å². The molecule has 0 bridgehead atoms. The molecule has 3 heterocycles. The first-order chi connectivity index (χ1) is 12.2. The minimum absolute atomic E-state index is 0.109. The number of hydrogen-bond acceptors (Lipinski definition) is 3. The minimum Gasteiger partial charge on any atom is -0.361 e. The van der Waals surface area contributed by atoms with E-state index in [1.54, 1.807) is 0 Å². The molecule has 128 valence electrons. The average Bonchev–Trinajstić information content (AvgIpc) is 3.06. The number of aromatic amines is 2. The quantitative estimate of drug-likeness (QED) is 0.770. The summed E-state index contributed by atoms with van der Waals surface area (Å²) in [4.78, 5) is 28.7. The van der Waals surface area contributed by atoms with Gasteiger partial charge in [0, 0.05) is 36.3 Å². The van der Waals surface area contributed by atoms with Gasteiger partial charge in [0.05, 0.1) is 0 Å². The summed E-state index contributed by atoms with van der Waals surface area (Å²) in [6.07, 6.45) is 5.10. The lowest BCUT2D eigenvalue weighted by atomic mass is 9.90. The number of rotatable bonds is 3. The predicted molar refractivity (Wildman–Crippen MR) is 95.5 cm³/mol. The minimum atomic E-state index is -0.297. The van der Waals surface area contributed by atoms with Crippen LogP contribution in [0.15, 0.2) is 47.4 Å². The van der Waals surface area contributed by atoms with Gasteiger partial charge in [0.15, 0.2) is 0 Å². The Morgan fingerprint density at radius 3 is 2.72 bits per heavy atom. The number of carbonyl (C=O) groups is 1. The van der Waals surface area contributed by atoms with E-state index in [1.165, 1.54) is 28.6 Å². The van der Waals surface area contributed by atoms with Gasteiger partial charge in [-0.15, -0.1) is 0 Å². The molecule has 6 heteroatoms. The van der Waals surface area contributed by atoms with E-state index >= 15 is 0 Å². The number of benzene rings is 1. The molecule has 1 aromatic carbocycles. The van der Waals surface area contributed by atoms with Gasteiger partial charge in [-0.2, -0.15) is 5.10 Å². The van der Waals surface area contributed by atoms with Crippen LogP contribution in [0.25, 0.3) is 10.9 Å². The summed E-state index contributed by atoms with van der Waals surface area (Å²) in [6, 6.07) is 11.2. The third-order valence-corrected chi connectivity index (χ3v) is 4.98. The molecule has 3 aromatic rings. The number of fused-ring (bicyclic) bond motifs is 1. The molecule has 1 saturated heterocycles. The van der Waals surface area contributed by atoms with Gasteiger partial charge in [-0.05, 0) is 42.9 Å². The Bertz CT molecular complexity index is 931. The molecule has 1 amide bonds. The van der Waals surface area contributed by atoms with Crippen molar-refractivity contribution in [2.24, 2.45) is 5.92 Å². The molecule has 1 aliphatic rings. The molecule has 6 nitrogen and oxygen atoms in total. The molecule has 0 aliphatic carbocycles. The van der Waals surface area contributed by atoms with E-state index in [0.29, 0.717) is 11.6 Å². The Balaban J connectivity index is 1.39. The Hall–Kier alpha value is -2.89. The highest BCUT2D eigenvalue weighted by Crippen LogP contribution is 2.26. The number of piperidine rings is 1. The lowest BCUT2D eigenvalue weighted by molar-refractivity contribution is 0.0683. The smallest absolute Gasteiger partial charge is 0.274 e. The Labute approximate surface area is 144 Å². The fraction of sp³-hybridized carbons (Fsp3) is 0.316. The third-order valence-electron chi connectivity index (χ3n) is 4.98. The number of amides is 1. The van der Waals surface area contributed by atoms with Crippen molar-refractivity contribution < 1.29 is 4.79 Å². The zero-order valence-electron chi connectivity index (χ0n) is 13.9. The molecule has 1 fully saturated rings. The van der Waals surface area contributed by atoms with Crippen LogP contribution in [0, 0.1) is 5.92 Å². The SMILES string of the molecule is O=C(c1ccc(=O)[nH]n1)N1CCC(Cc2c[nH]c3ccccc23)CC1. The molecule has 0 unspecified atom stereocenters. The van der Waals surface area contributed by atoms with E-state index in [1.807, 2.05) is 11.0 Å². The molecule has 25 heavy (non-hydrogen) atoms. The zero-order chi connectivity index (χ0) is 17.2. The molecule has 4 rings (SSSR count). The van der Waals surface area contributed by atoms with Gasteiger partial charge in [-0.25, -0.2) is 5.10 Å². The van der Waals surface area contributed by atoms with Crippen LogP contribution in [0.4, 0.5) is 0 Å². The van der Waals surface area contributed by atoms with E-state index in [9.17, 15) is 9.59 Å². The Morgan fingerprint density at radius 1 is 1.16 bits per heavy atom. The van der Waals surface area contributed by atoms with Crippen molar-refractivity contribution in [3.05, 3.63) is 64.2 Å². The normalized spacial score (nSPS) is 15.6. The van der Waals surface area contributed by atoms with Gasteiger partial charge in [-0.1, -0.05) is 18.2 Å². The summed E-state index contributed by atoms with van der Waals surface area (Å²) in [5.41, 5.74) is 2.53. The van der Waals surface area contributed by atoms with Crippen molar-refractivity contribution in [2.45, 2.75) is 19.3 Å². The highest BCUT2D eigenvalue weighted by atomic mass is 16.2. The Morgan fingerprint density at radius 2 is 1.96 bits per heavy atom. The topological polar surface area (TPSA) is 81.8 Å². The molecule has 2 aromatic heterocycles. The molecule has 0 spiro atoms. The van der Waals surface area contributed by atoms with Crippen LogP contribution in [-0.2, 0) is 6.42 Å². The first-order valence-corrected chi connectivity index (χ1v) is 8.61. The number of H-pyrrole nitrogens is 2. The first-order valence-electron chi connectivity index (χ1n) is 8.61. The first kappa shape index (κ1) is 15.6. The second kappa shape index (κ2) is 6.55. The van der Waals surface area contributed by atoms with Crippen molar-refractivity contribution in [3.8, 4) is 0 Å². The second-order valence-electron chi connectivity index (χ2n) is 6.61. The van der Waals surface area contributed by atoms with E-state index < -0.39 is 0 Å². The van der Waals surface area contributed by atoms with Crippen LogP contribution in [0.1, 0.15) is 28.9 Å². The van der Waals surface area contributed by atoms with Gasteiger partial charge >= 0.3 is 0 Å². The number of likely N-dealkylation sites (tertiary alicyclic amines) is 1. The van der Waals surface area contributed by atoms with E-state index in [-0.39, 0.29) is 11.5 Å². The molecule has 0 atom stereocenters. The molecule has 0 saturated carbocycles. The lowest BCUT2D eigenvalue weighted by Gasteiger charge is -2.31. The predicted octanol–water partition coefficient (Wildman–Crippen LogP) is 2.35. The van der Waals surface area contributed by atoms with Gasteiger partial charge in [-0.3, -0.25) is 9.59 Å². The van der Waals surface area contributed by atoms with Crippen LogP contribution in [0.3, 0.4) is 0 Å². The van der Waals surface area contributed by atoms with E-state index in [4.69, 9.17) is 0 Å². The summed E-state index contributed by atoms with van der Waals surface area (Å²) in [6.45, 7) is 1.46. The number of nitrogens with one attached hydrogen (secondary N) is 2. The summed E-state index contributed by atoms with van der Waals surface area (Å²) in [7, 11) is 0. The summed E-state index contributed by atoms with van der Waals surface area (Å²) in [5.74, 6) is 0.466. The van der Waals surface area contributed by atoms with Crippen LogP contribution in [-0.4, -0.2) is 39.1 Å². The molecular weight excluding hydrogens is 316 g/mol. The fourth-order valence-corrected chi connectivity index (χ4v) is 3.58. The number of aromatic nitrogens is 3. The van der Waals surface area contributed by atoms with Gasteiger partial charge in [0.1, 0.15) is 5.69 Å². The Kier molecular flexibility index (Phi) is 4.09. The summed E-state index contributed by atoms with van der Waals surface area (Å²) >= 11 is 0. The lowest BCUT2D eigenvalue weighted by Crippen LogP contribution is -2.39. The summed E-state index contributed by atoms with van der Waals surface area (Å²) < 4.78 is 0. The molecular formula is C19H20N4O2. The zero-order valence-corrected chi connectivity index (χ0v) is 13.9. The fourth-order valence-electron chi connectivity index (χ4n) is 3.58. The number of para-hydroxylation sites is 1.